The summed E-state index contributed by atoms with van der Waals surface area (Å²) in [5.74, 6) is -0.226. The summed E-state index contributed by atoms with van der Waals surface area (Å²) in [5, 5.41) is 18.2. The van der Waals surface area contributed by atoms with Crippen LogP contribution in [0.4, 0.5) is 15.6 Å². The molecule has 9 nitrogen and oxygen atoms in total. The van der Waals surface area contributed by atoms with E-state index in [0.29, 0.717) is 36.0 Å². The average molecular weight is 378 g/mol. The zero-order valence-electron chi connectivity index (χ0n) is 14.1. The number of thiazole rings is 1. The molecule has 26 heavy (non-hydrogen) atoms. The first-order valence-electron chi connectivity index (χ1n) is 7.90. The van der Waals surface area contributed by atoms with Gasteiger partial charge >= 0.3 is 6.09 Å². The maximum absolute atomic E-state index is 11.9. The lowest BCUT2D eigenvalue weighted by atomic mass is 10.1. The number of aromatic nitrogens is 1. The topological polar surface area (TPSA) is 123 Å². The highest BCUT2D eigenvalue weighted by Gasteiger charge is 2.11. The van der Waals surface area contributed by atoms with Crippen LogP contribution in [0.25, 0.3) is 11.3 Å². The average Bonchev–Trinajstić information content (AvgIpc) is 3.07. The first-order chi connectivity index (χ1) is 12.5. The van der Waals surface area contributed by atoms with Crippen molar-refractivity contribution in [3.63, 3.8) is 0 Å². The molecule has 0 radical (unpaired) electrons. The van der Waals surface area contributed by atoms with Crippen LogP contribution in [0.1, 0.15) is 19.8 Å². The van der Waals surface area contributed by atoms with Crippen LogP contribution in [0.3, 0.4) is 0 Å². The van der Waals surface area contributed by atoms with Crippen molar-refractivity contribution in [1.82, 2.24) is 10.3 Å². The molecule has 2 rings (SSSR count). The summed E-state index contributed by atoms with van der Waals surface area (Å²) in [6, 6.07) is 6.14. The summed E-state index contributed by atoms with van der Waals surface area (Å²) in [7, 11) is 0. The predicted octanol–water partition coefficient (Wildman–Crippen LogP) is 3.18. The molecular weight excluding hydrogens is 360 g/mol. The van der Waals surface area contributed by atoms with Gasteiger partial charge < -0.3 is 15.4 Å². The second-order valence-electron chi connectivity index (χ2n) is 5.14. The Morgan fingerprint density at radius 2 is 2.19 bits per heavy atom. The molecule has 0 fully saturated rings. The van der Waals surface area contributed by atoms with Crippen LogP contribution in [0, 0.1) is 10.1 Å². The second-order valence-corrected chi connectivity index (χ2v) is 6.00. The Balaban J connectivity index is 1.84. The van der Waals surface area contributed by atoms with Gasteiger partial charge in [-0.2, -0.15) is 0 Å². The Labute approximate surface area is 153 Å². The maximum atomic E-state index is 11.9. The third-order valence-corrected chi connectivity index (χ3v) is 3.99. The molecule has 138 valence electrons. The number of amides is 2. The summed E-state index contributed by atoms with van der Waals surface area (Å²) < 4.78 is 4.71. The van der Waals surface area contributed by atoms with Gasteiger partial charge in [-0.15, -0.1) is 11.3 Å². The van der Waals surface area contributed by atoms with E-state index in [4.69, 9.17) is 4.74 Å². The smallest absolute Gasteiger partial charge is 0.407 e. The number of nitrogens with zero attached hydrogens (tertiary/aromatic N) is 2. The number of hydrogen-bond acceptors (Lipinski definition) is 7. The van der Waals surface area contributed by atoms with Crippen LogP contribution >= 0.6 is 11.3 Å². The van der Waals surface area contributed by atoms with Crippen molar-refractivity contribution in [2.45, 2.75) is 19.8 Å². The zero-order chi connectivity index (χ0) is 18.9. The van der Waals surface area contributed by atoms with E-state index >= 15 is 0 Å². The minimum Gasteiger partial charge on any atom is -0.450 e. The van der Waals surface area contributed by atoms with Crippen molar-refractivity contribution in [3.8, 4) is 11.3 Å². The summed E-state index contributed by atoms with van der Waals surface area (Å²) >= 11 is 1.24. The van der Waals surface area contributed by atoms with Gasteiger partial charge in [0, 0.05) is 36.0 Å². The Kier molecular flexibility index (Phi) is 7.03. The molecule has 0 unspecified atom stereocenters. The highest BCUT2D eigenvalue weighted by molar-refractivity contribution is 7.14. The third-order valence-electron chi connectivity index (χ3n) is 3.23. The van der Waals surface area contributed by atoms with E-state index in [1.807, 2.05) is 0 Å². The molecule has 2 N–H and O–H groups in total. The van der Waals surface area contributed by atoms with E-state index in [1.54, 1.807) is 24.4 Å². The number of rotatable bonds is 8. The number of carbonyl (C=O) groups excluding carboxylic acids is 2. The van der Waals surface area contributed by atoms with Crippen molar-refractivity contribution in [1.29, 1.82) is 0 Å². The van der Waals surface area contributed by atoms with Gasteiger partial charge in [-0.1, -0.05) is 12.1 Å². The highest BCUT2D eigenvalue weighted by atomic mass is 32.1. The summed E-state index contributed by atoms with van der Waals surface area (Å²) in [6.45, 7) is 2.34. The lowest BCUT2D eigenvalue weighted by Gasteiger charge is -2.05. The summed E-state index contributed by atoms with van der Waals surface area (Å²) in [6.07, 6.45) is 0.181. The first kappa shape index (κ1) is 19.3. The standard InChI is InChI=1S/C16H18N4O5S/c1-2-25-16(22)17-8-4-7-14(21)19-15-18-13(10-26-15)11-5-3-6-12(9-11)20(23)24/h3,5-6,9-10H,2,4,7-8H2,1H3,(H,17,22)(H,18,19,21). The first-order valence-corrected chi connectivity index (χ1v) is 8.78. The minimum atomic E-state index is -0.505. The number of nitrogens with one attached hydrogen (secondary N) is 2. The third kappa shape index (κ3) is 5.81. The molecule has 2 aromatic rings. The number of benzene rings is 1. The zero-order valence-corrected chi connectivity index (χ0v) is 14.9. The number of hydrogen-bond donors (Lipinski definition) is 2. The van der Waals surface area contributed by atoms with Gasteiger partial charge in [-0.05, 0) is 13.3 Å². The number of nitro benzene ring substituents is 1. The van der Waals surface area contributed by atoms with Crippen LogP contribution in [0.15, 0.2) is 29.6 Å². The maximum Gasteiger partial charge on any atom is 0.407 e. The van der Waals surface area contributed by atoms with Gasteiger partial charge in [-0.25, -0.2) is 9.78 Å². The van der Waals surface area contributed by atoms with Crippen LogP contribution in [0.2, 0.25) is 0 Å². The fraction of sp³-hybridized carbons (Fsp3) is 0.312. The quantitative estimate of drug-likeness (QED) is 0.413. The van der Waals surface area contributed by atoms with Crippen LogP contribution < -0.4 is 10.6 Å². The van der Waals surface area contributed by atoms with Gasteiger partial charge in [0.1, 0.15) is 0 Å². The Bertz CT molecular complexity index is 792. The predicted molar refractivity (Wildman–Crippen MR) is 97.1 cm³/mol. The van der Waals surface area contributed by atoms with Crippen LogP contribution in [-0.4, -0.2) is 35.1 Å². The van der Waals surface area contributed by atoms with E-state index in [1.165, 1.54) is 23.5 Å². The van der Waals surface area contributed by atoms with Crippen molar-refractivity contribution < 1.29 is 19.2 Å². The molecule has 0 saturated carbocycles. The molecule has 0 aliphatic carbocycles. The second kappa shape index (κ2) is 9.47. The van der Waals surface area contributed by atoms with Gasteiger partial charge in [0.2, 0.25) is 5.91 Å². The molecule has 2 amide bonds. The number of ether oxygens (including phenoxy) is 1. The fourth-order valence-electron chi connectivity index (χ4n) is 2.05. The number of alkyl carbamates (subject to hydrolysis) is 1. The van der Waals surface area contributed by atoms with Crippen molar-refractivity contribution >= 4 is 34.2 Å². The summed E-state index contributed by atoms with van der Waals surface area (Å²) in [4.78, 5) is 37.6. The van der Waals surface area contributed by atoms with Gasteiger partial charge in [0.15, 0.2) is 5.13 Å². The lowest BCUT2D eigenvalue weighted by molar-refractivity contribution is -0.384. The minimum absolute atomic E-state index is 0.0183. The molecule has 0 aliphatic rings. The normalized spacial score (nSPS) is 10.2. The Morgan fingerprint density at radius 1 is 1.38 bits per heavy atom. The molecule has 0 spiro atoms. The highest BCUT2D eigenvalue weighted by Crippen LogP contribution is 2.27. The largest absolute Gasteiger partial charge is 0.450 e. The van der Waals surface area contributed by atoms with E-state index in [9.17, 15) is 19.7 Å². The monoisotopic (exact) mass is 378 g/mol. The Morgan fingerprint density at radius 3 is 2.92 bits per heavy atom. The van der Waals surface area contributed by atoms with Gasteiger partial charge in [-0.3, -0.25) is 14.9 Å². The van der Waals surface area contributed by atoms with Crippen LogP contribution in [0.5, 0.6) is 0 Å². The number of nitro groups is 1. The molecule has 1 heterocycles. The molecule has 0 bridgehead atoms. The summed E-state index contributed by atoms with van der Waals surface area (Å²) in [5.41, 5.74) is 1.14. The van der Waals surface area contributed by atoms with Crippen molar-refractivity contribution in [2.75, 3.05) is 18.5 Å². The van der Waals surface area contributed by atoms with Crippen molar-refractivity contribution in [3.05, 3.63) is 39.8 Å². The Hall–Kier alpha value is -3.01. The van der Waals surface area contributed by atoms with Crippen molar-refractivity contribution in [2.24, 2.45) is 0 Å². The number of anilines is 1. The van der Waals surface area contributed by atoms with Gasteiger partial charge in [0.05, 0.1) is 17.2 Å². The number of carbonyl (C=O) groups is 2. The number of non-ortho nitro benzene ring substituents is 1. The van der Waals surface area contributed by atoms with E-state index in [0.717, 1.165) is 0 Å². The molecular formula is C16H18N4O5S. The van der Waals surface area contributed by atoms with Crippen LogP contribution in [-0.2, 0) is 9.53 Å². The lowest BCUT2D eigenvalue weighted by Crippen LogP contribution is -2.26. The van der Waals surface area contributed by atoms with E-state index < -0.39 is 11.0 Å². The molecule has 0 aliphatic heterocycles. The fourth-order valence-corrected chi connectivity index (χ4v) is 2.78. The molecule has 1 aromatic heterocycles. The van der Waals surface area contributed by atoms with Gasteiger partial charge in [0.25, 0.3) is 5.69 Å². The molecule has 10 heteroatoms. The van der Waals surface area contributed by atoms with E-state index in [2.05, 4.69) is 15.6 Å². The molecule has 0 saturated heterocycles. The SMILES string of the molecule is CCOC(=O)NCCCC(=O)Nc1nc(-c2cccc([N+](=O)[O-])c2)cs1. The van der Waals surface area contributed by atoms with E-state index in [-0.39, 0.29) is 18.0 Å². The molecule has 1 aromatic carbocycles. The molecule has 0 atom stereocenters.